The molecule has 0 aromatic heterocycles. The van der Waals surface area contributed by atoms with Crippen molar-refractivity contribution >= 4 is 0 Å². The van der Waals surface area contributed by atoms with Crippen molar-refractivity contribution in [2.24, 2.45) is 10.8 Å². The van der Waals surface area contributed by atoms with Gasteiger partial charge in [-0.3, -0.25) is 0 Å². The van der Waals surface area contributed by atoms with Gasteiger partial charge in [0.05, 0.1) is 0 Å². The van der Waals surface area contributed by atoms with Crippen LogP contribution < -0.4 is 10.6 Å². The minimum absolute atomic E-state index is 0.162. The van der Waals surface area contributed by atoms with E-state index < -0.39 is 0 Å². The van der Waals surface area contributed by atoms with Crippen molar-refractivity contribution in [3.63, 3.8) is 0 Å². The van der Waals surface area contributed by atoms with Gasteiger partial charge in [-0.05, 0) is 57.9 Å². The van der Waals surface area contributed by atoms with Crippen LogP contribution >= 0.6 is 0 Å². The van der Waals surface area contributed by atoms with E-state index >= 15 is 0 Å². The van der Waals surface area contributed by atoms with Gasteiger partial charge >= 0.3 is 0 Å². The summed E-state index contributed by atoms with van der Waals surface area (Å²) in [6.07, 6.45) is 2.35. The molecule has 0 heterocycles. The molecule has 27 heavy (non-hydrogen) atoms. The van der Waals surface area contributed by atoms with Gasteiger partial charge < -0.3 is 15.5 Å². The Morgan fingerprint density at radius 1 is 0.630 bits per heavy atom. The number of hydrogen-bond donors (Lipinski definition) is 2. The van der Waals surface area contributed by atoms with Gasteiger partial charge in [0.1, 0.15) is 0 Å². The lowest BCUT2D eigenvalue weighted by atomic mass is 9.77. The molecule has 3 heteroatoms. The van der Waals surface area contributed by atoms with Crippen LogP contribution in [0.3, 0.4) is 0 Å². The van der Waals surface area contributed by atoms with Gasteiger partial charge in [0.25, 0.3) is 0 Å². The first-order chi connectivity index (χ1) is 11.9. The molecule has 0 aliphatic heterocycles. The molecule has 0 saturated heterocycles. The topological polar surface area (TPSA) is 27.3 Å². The van der Waals surface area contributed by atoms with E-state index in [1.54, 1.807) is 0 Å². The van der Waals surface area contributed by atoms with Crippen molar-refractivity contribution in [3.05, 3.63) is 0 Å². The Hall–Kier alpha value is -0.120. The van der Waals surface area contributed by atoms with Crippen LogP contribution in [0.5, 0.6) is 0 Å². The van der Waals surface area contributed by atoms with E-state index in [2.05, 4.69) is 106 Å². The molecule has 0 saturated carbocycles. The van der Waals surface area contributed by atoms with Crippen molar-refractivity contribution in [1.29, 1.82) is 0 Å². The molecule has 0 radical (unpaired) electrons. The first-order valence-corrected chi connectivity index (χ1v) is 11.2. The maximum atomic E-state index is 3.74. The number of hydrogen-bond acceptors (Lipinski definition) is 3. The van der Waals surface area contributed by atoms with Gasteiger partial charge in [0.2, 0.25) is 0 Å². The summed E-state index contributed by atoms with van der Waals surface area (Å²) in [4.78, 5) is 2.66. The lowest BCUT2D eigenvalue weighted by molar-refractivity contribution is 0.0881. The molecule has 0 aromatic carbocycles. The number of rotatable bonds is 13. The molecule has 0 aromatic rings. The zero-order valence-corrected chi connectivity index (χ0v) is 21.1. The second-order valence-corrected chi connectivity index (χ2v) is 12.4. The van der Waals surface area contributed by atoms with Crippen molar-refractivity contribution in [2.45, 2.75) is 126 Å². The van der Waals surface area contributed by atoms with Crippen LogP contribution in [0.4, 0.5) is 0 Å². The Kier molecular flexibility index (Phi) is 10.0. The quantitative estimate of drug-likeness (QED) is 0.427. The van der Waals surface area contributed by atoms with E-state index in [0.717, 1.165) is 19.6 Å². The highest BCUT2D eigenvalue weighted by Gasteiger charge is 2.34. The van der Waals surface area contributed by atoms with Gasteiger partial charge in [-0.15, -0.1) is 0 Å². The average molecular weight is 384 g/mol. The highest BCUT2D eigenvalue weighted by atomic mass is 15.1. The van der Waals surface area contributed by atoms with Crippen molar-refractivity contribution in [2.75, 3.05) is 19.6 Å². The Morgan fingerprint density at radius 2 is 0.926 bits per heavy atom. The normalized spacial score (nSPS) is 14.7. The molecule has 0 unspecified atom stereocenters. The predicted octanol–water partition coefficient (Wildman–Crippen LogP) is 5.69. The Balaban J connectivity index is 4.96. The van der Waals surface area contributed by atoms with Crippen molar-refractivity contribution < 1.29 is 0 Å². The fourth-order valence-corrected chi connectivity index (χ4v) is 5.66. The molecule has 0 rings (SSSR count). The van der Waals surface area contributed by atoms with E-state index in [-0.39, 0.29) is 21.9 Å². The van der Waals surface area contributed by atoms with Crippen molar-refractivity contribution in [3.8, 4) is 0 Å². The molecule has 2 N–H and O–H groups in total. The summed E-state index contributed by atoms with van der Waals surface area (Å²) in [5, 5.41) is 7.47. The average Bonchev–Trinajstić information content (AvgIpc) is 2.29. The van der Waals surface area contributed by atoms with Gasteiger partial charge in [-0.1, -0.05) is 62.3 Å². The van der Waals surface area contributed by atoms with Crippen LogP contribution in [-0.4, -0.2) is 47.7 Å². The lowest BCUT2D eigenvalue weighted by Gasteiger charge is -2.43. The van der Waals surface area contributed by atoms with Gasteiger partial charge in [0, 0.05) is 36.3 Å². The second kappa shape index (κ2) is 10.1. The Bertz CT molecular complexity index is 381. The molecule has 0 spiro atoms. The zero-order chi connectivity index (χ0) is 21.7. The third-order valence-electron chi connectivity index (χ3n) is 4.95. The van der Waals surface area contributed by atoms with E-state index in [1.807, 2.05) is 0 Å². The maximum absolute atomic E-state index is 3.74. The molecule has 0 amide bonds. The highest BCUT2D eigenvalue weighted by Crippen LogP contribution is 2.33. The molecular formula is C24H53N3. The summed E-state index contributed by atoms with van der Waals surface area (Å²) in [6.45, 7) is 33.7. The predicted molar refractivity (Wildman–Crippen MR) is 124 cm³/mol. The van der Waals surface area contributed by atoms with Crippen LogP contribution in [0.1, 0.15) is 103 Å². The summed E-state index contributed by atoms with van der Waals surface area (Å²) < 4.78 is 0. The lowest BCUT2D eigenvalue weighted by Crippen LogP contribution is -2.51. The minimum atomic E-state index is 0.162. The molecule has 0 atom stereocenters. The van der Waals surface area contributed by atoms with Crippen LogP contribution in [0.2, 0.25) is 0 Å². The number of nitrogens with zero attached hydrogens (tertiary/aromatic N) is 1. The monoisotopic (exact) mass is 383 g/mol. The fourth-order valence-electron chi connectivity index (χ4n) is 5.66. The second-order valence-electron chi connectivity index (χ2n) is 12.4. The molecule has 164 valence electrons. The van der Waals surface area contributed by atoms with Crippen LogP contribution in [0.15, 0.2) is 0 Å². The zero-order valence-electron chi connectivity index (χ0n) is 21.1. The third kappa shape index (κ3) is 12.9. The van der Waals surface area contributed by atoms with E-state index in [4.69, 9.17) is 0 Å². The number of nitrogens with one attached hydrogen (secondary N) is 2. The summed E-state index contributed by atoms with van der Waals surface area (Å²) in [7, 11) is 0. The Labute approximate surface area is 172 Å². The van der Waals surface area contributed by atoms with E-state index in [0.29, 0.717) is 12.1 Å². The van der Waals surface area contributed by atoms with Crippen LogP contribution in [-0.2, 0) is 0 Å². The van der Waals surface area contributed by atoms with E-state index in [9.17, 15) is 0 Å². The molecular weight excluding hydrogens is 330 g/mol. The molecule has 0 bridgehead atoms. The van der Waals surface area contributed by atoms with Crippen molar-refractivity contribution in [1.82, 2.24) is 15.5 Å². The van der Waals surface area contributed by atoms with Crippen LogP contribution in [0.25, 0.3) is 0 Å². The molecule has 0 aliphatic carbocycles. The first kappa shape index (κ1) is 26.9. The summed E-state index contributed by atoms with van der Waals surface area (Å²) in [6, 6.07) is 1.04. The van der Waals surface area contributed by atoms with E-state index in [1.165, 1.54) is 12.8 Å². The first-order valence-electron chi connectivity index (χ1n) is 11.2. The summed E-state index contributed by atoms with van der Waals surface area (Å²) >= 11 is 0. The molecule has 0 fully saturated rings. The smallest absolute Gasteiger partial charge is 0.0133 e. The third-order valence-corrected chi connectivity index (χ3v) is 4.95. The van der Waals surface area contributed by atoms with Gasteiger partial charge in [0.15, 0.2) is 0 Å². The maximum Gasteiger partial charge on any atom is 0.0133 e. The standard InChI is InChI=1S/C24H53N3/c1-14-27(17-21(6,7)15-23(10,11)25-19(2)3)18-22(8,9)16-24(12,13)26-20(4)5/h19-20,25-26H,14-18H2,1-13H3. The minimum Gasteiger partial charge on any atom is -0.310 e. The Morgan fingerprint density at radius 3 is 1.15 bits per heavy atom. The fraction of sp³-hybridized carbons (Fsp3) is 1.00. The largest absolute Gasteiger partial charge is 0.310 e. The van der Waals surface area contributed by atoms with Gasteiger partial charge in [-0.2, -0.15) is 0 Å². The summed E-state index contributed by atoms with van der Waals surface area (Å²) in [5.41, 5.74) is 0.887. The SMILES string of the molecule is CCN(CC(C)(C)CC(C)(C)NC(C)C)CC(C)(C)CC(C)(C)NC(C)C. The summed E-state index contributed by atoms with van der Waals surface area (Å²) in [5.74, 6) is 0. The molecule has 0 aliphatic rings. The highest BCUT2D eigenvalue weighted by molar-refractivity contribution is 4.91. The van der Waals surface area contributed by atoms with Gasteiger partial charge in [-0.25, -0.2) is 0 Å². The van der Waals surface area contributed by atoms with Crippen LogP contribution in [0, 0.1) is 10.8 Å². The molecule has 3 nitrogen and oxygen atoms in total.